The van der Waals surface area contributed by atoms with Crippen LogP contribution in [0.5, 0.6) is 0 Å². The maximum atomic E-state index is 12.2. The molecule has 2 heterocycles. The van der Waals surface area contributed by atoms with Crippen molar-refractivity contribution in [2.45, 2.75) is 39.3 Å². The molecule has 2 amide bonds. The number of aromatic nitrogens is 3. The van der Waals surface area contributed by atoms with Crippen LogP contribution in [-0.2, 0) is 11.8 Å². The number of carbonyl (C=O) groups excluding carboxylic acids is 1. The van der Waals surface area contributed by atoms with Gasteiger partial charge in [-0.3, -0.25) is 4.90 Å². The van der Waals surface area contributed by atoms with Crippen LogP contribution in [0.3, 0.4) is 0 Å². The number of rotatable bonds is 7. The third-order valence-corrected chi connectivity index (χ3v) is 4.29. The minimum atomic E-state index is -0.190. The van der Waals surface area contributed by atoms with Gasteiger partial charge in [0.05, 0.1) is 19.3 Å². The number of hydrogen-bond donors (Lipinski definition) is 2. The molecule has 2 N–H and O–H groups in total. The molecule has 0 unspecified atom stereocenters. The van der Waals surface area contributed by atoms with Gasteiger partial charge in [0, 0.05) is 32.7 Å². The third kappa shape index (κ3) is 5.45. The van der Waals surface area contributed by atoms with Gasteiger partial charge in [-0.25, -0.2) is 4.79 Å². The first-order valence-corrected chi connectivity index (χ1v) is 8.67. The fourth-order valence-electron chi connectivity index (χ4n) is 3.06. The van der Waals surface area contributed by atoms with Crippen molar-refractivity contribution in [1.29, 1.82) is 0 Å². The van der Waals surface area contributed by atoms with Gasteiger partial charge in [-0.2, -0.15) is 0 Å². The molecule has 2 atom stereocenters. The van der Waals surface area contributed by atoms with Crippen LogP contribution in [0.15, 0.2) is 6.33 Å². The van der Waals surface area contributed by atoms with Gasteiger partial charge in [0.2, 0.25) is 0 Å². The van der Waals surface area contributed by atoms with Gasteiger partial charge in [0.25, 0.3) is 0 Å². The van der Waals surface area contributed by atoms with Crippen molar-refractivity contribution >= 4 is 6.03 Å². The zero-order chi connectivity index (χ0) is 17.5. The molecule has 8 heteroatoms. The number of morpholine rings is 1. The predicted molar refractivity (Wildman–Crippen MR) is 91.6 cm³/mol. The Morgan fingerprint density at radius 1 is 1.33 bits per heavy atom. The second-order valence-corrected chi connectivity index (χ2v) is 6.81. The Labute approximate surface area is 143 Å². The Balaban J connectivity index is 1.83. The van der Waals surface area contributed by atoms with E-state index >= 15 is 0 Å². The van der Waals surface area contributed by atoms with Crippen LogP contribution in [0.1, 0.15) is 39.1 Å². The summed E-state index contributed by atoms with van der Waals surface area (Å²) >= 11 is 0. The second kappa shape index (κ2) is 8.98. The molecule has 24 heavy (non-hydrogen) atoms. The molecule has 1 aromatic heterocycles. The minimum absolute atomic E-state index is 0.174. The molecule has 2 rings (SSSR count). The summed E-state index contributed by atoms with van der Waals surface area (Å²) in [6.07, 6.45) is 2.68. The summed E-state index contributed by atoms with van der Waals surface area (Å²) in [7, 11) is 1.86. The number of nitrogens with zero attached hydrogens (tertiary/aromatic N) is 4. The Kier molecular flexibility index (Phi) is 6.99. The number of amides is 2. The molecule has 0 saturated carbocycles. The molecule has 1 fully saturated rings. The zero-order valence-electron chi connectivity index (χ0n) is 15.2. The lowest BCUT2D eigenvalue weighted by Gasteiger charge is -2.35. The van der Waals surface area contributed by atoms with Crippen LogP contribution < -0.4 is 10.6 Å². The summed E-state index contributed by atoms with van der Waals surface area (Å²) < 4.78 is 7.23. The van der Waals surface area contributed by atoms with E-state index in [0.717, 1.165) is 38.5 Å². The van der Waals surface area contributed by atoms with Crippen molar-refractivity contribution in [2.75, 3.05) is 32.8 Å². The fourth-order valence-corrected chi connectivity index (χ4v) is 3.06. The van der Waals surface area contributed by atoms with Crippen LogP contribution in [0, 0.1) is 5.92 Å². The maximum absolute atomic E-state index is 12.2. The lowest BCUT2D eigenvalue weighted by atomic mass is 10.0. The molecule has 1 saturated heterocycles. The maximum Gasteiger partial charge on any atom is 0.315 e. The molecule has 0 aromatic carbocycles. The van der Waals surface area contributed by atoms with E-state index in [1.54, 1.807) is 10.9 Å². The van der Waals surface area contributed by atoms with E-state index in [-0.39, 0.29) is 12.1 Å². The number of carbonyl (C=O) groups is 1. The predicted octanol–water partition coefficient (Wildman–Crippen LogP) is 0.922. The summed E-state index contributed by atoms with van der Waals surface area (Å²) in [5.74, 6) is 1.32. The van der Waals surface area contributed by atoms with Crippen LogP contribution in [-0.4, -0.2) is 64.6 Å². The van der Waals surface area contributed by atoms with Gasteiger partial charge in [-0.05, 0) is 19.3 Å². The molecule has 0 aliphatic carbocycles. The number of hydrogen-bond acceptors (Lipinski definition) is 5. The lowest BCUT2D eigenvalue weighted by molar-refractivity contribution is 0.0129. The highest BCUT2D eigenvalue weighted by atomic mass is 16.5. The molecule has 0 spiro atoms. The van der Waals surface area contributed by atoms with E-state index < -0.39 is 0 Å². The standard InChI is InChI=1S/C16H30N6O2/c1-12(2)9-14(22-5-7-24-8-6-22)10-17-16(23)19-13(3)15-20-18-11-21(15)4/h11-14H,5-10H2,1-4H3,(H2,17,19,23)/t13-,14+/m1/s1. The molecule has 1 aliphatic rings. The van der Waals surface area contributed by atoms with E-state index in [1.165, 1.54) is 0 Å². The Morgan fingerprint density at radius 2 is 2.04 bits per heavy atom. The lowest BCUT2D eigenvalue weighted by Crippen LogP contribution is -2.50. The summed E-state index contributed by atoms with van der Waals surface area (Å²) in [5.41, 5.74) is 0. The summed E-state index contributed by atoms with van der Waals surface area (Å²) in [5, 5.41) is 13.8. The molecular weight excluding hydrogens is 308 g/mol. The van der Waals surface area contributed by atoms with Crippen molar-refractivity contribution in [3.8, 4) is 0 Å². The SMILES string of the molecule is CC(C)C[C@@H](CNC(=O)N[C@H](C)c1nncn1C)N1CCOCC1. The molecule has 0 radical (unpaired) electrons. The normalized spacial score (nSPS) is 18.4. The van der Waals surface area contributed by atoms with Crippen molar-refractivity contribution in [2.24, 2.45) is 13.0 Å². The Hall–Kier alpha value is -1.67. The van der Waals surface area contributed by atoms with Crippen LogP contribution in [0.25, 0.3) is 0 Å². The number of aryl methyl sites for hydroxylation is 1. The summed E-state index contributed by atoms with van der Waals surface area (Å²) in [6, 6.07) is -0.0262. The number of urea groups is 1. The first kappa shape index (κ1) is 18.7. The molecule has 1 aromatic rings. The van der Waals surface area contributed by atoms with E-state index in [2.05, 4.69) is 39.6 Å². The van der Waals surface area contributed by atoms with E-state index in [0.29, 0.717) is 18.5 Å². The van der Waals surface area contributed by atoms with Gasteiger partial charge in [0.1, 0.15) is 6.33 Å². The summed E-state index contributed by atoms with van der Waals surface area (Å²) in [4.78, 5) is 14.6. The topological polar surface area (TPSA) is 84.3 Å². The minimum Gasteiger partial charge on any atom is -0.379 e. The smallest absolute Gasteiger partial charge is 0.315 e. The van der Waals surface area contributed by atoms with Crippen molar-refractivity contribution in [3.05, 3.63) is 12.2 Å². The number of nitrogens with one attached hydrogen (secondary N) is 2. The molecule has 8 nitrogen and oxygen atoms in total. The third-order valence-electron chi connectivity index (χ3n) is 4.29. The summed E-state index contributed by atoms with van der Waals surface area (Å²) in [6.45, 7) is 10.3. The van der Waals surface area contributed by atoms with E-state index in [4.69, 9.17) is 4.74 Å². The largest absolute Gasteiger partial charge is 0.379 e. The molecule has 0 bridgehead atoms. The Bertz CT molecular complexity index is 512. The van der Waals surface area contributed by atoms with Crippen molar-refractivity contribution in [3.63, 3.8) is 0 Å². The highest BCUT2D eigenvalue weighted by molar-refractivity contribution is 5.74. The van der Waals surface area contributed by atoms with Crippen LogP contribution >= 0.6 is 0 Å². The van der Waals surface area contributed by atoms with Gasteiger partial charge in [0.15, 0.2) is 5.82 Å². The van der Waals surface area contributed by atoms with Crippen molar-refractivity contribution < 1.29 is 9.53 Å². The van der Waals surface area contributed by atoms with Gasteiger partial charge >= 0.3 is 6.03 Å². The Morgan fingerprint density at radius 3 is 2.62 bits per heavy atom. The zero-order valence-corrected chi connectivity index (χ0v) is 15.2. The van der Waals surface area contributed by atoms with Crippen molar-refractivity contribution in [1.82, 2.24) is 30.3 Å². The molecular formula is C16H30N6O2. The average molecular weight is 338 g/mol. The first-order valence-electron chi connectivity index (χ1n) is 8.67. The van der Waals surface area contributed by atoms with Gasteiger partial charge in [-0.1, -0.05) is 13.8 Å². The highest BCUT2D eigenvalue weighted by Gasteiger charge is 2.23. The highest BCUT2D eigenvalue weighted by Crippen LogP contribution is 2.13. The van der Waals surface area contributed by atoms with E-state index in [9.17, 15) is 4.79 Å². The molecule has 136 valence electrons. The van der Waals surface area contributed by atoms with Crippen LogP contribution in [0.2, 0.25) is 0 Å². The first-order chi connectivity index (χ1) is 11.5. The monoisotopic (exact) mass is 338 g/mol. The second-order valence-electron chi connectivity index (χ2n) is 6.81. The van der Waals surface area contributed by atoms with Crippen LogP contribution in [0.4, 0.5) is 4.79 Å². The fraction of sp³-hybridized carbons (Fsp3) is 0.812. The quantitative estimate of drug-likeness (QED) is 0.772. The van der Waals surface area contributed by atoms with E-state index in [1.807, 2.05) is 14.0 Å². The van der Waals surface area contributed by atoms with Gasteiger partial charge in [-0.15, -0.1) is 10.2 Å². The van der Waals surface area contributed by atoms with Gasteiger partial charge < -0.3 is 19.9 Å². The molecule has 1 aliphatic heterocycles. The number of ether oxygens (including phenoxy) is 1. The average Bonchev–Trinajstić information content (AvgIpc) is 2.98.